The van der Waals surface area contributed by atoms with E-state index in [2.05, 4.69) is 5.32 Å². The number of thioether (sulfide) groups is 1. The van der Waals surface area contributed by atoms with Crippen LogP contribution in [0, 0.1) is 5.82 Å². The van der Waals surface area contributed by atoms with Gasteiger partial charge in [0, 0.05) is 24.7 Å². The van der Waals surface area contributed by atoms with Gasteiger partial charge in [-0.15, -0.1) is 0 Å². The van der Waals surface area contributed by atoms with Crippen molar-refractivity contribution in [3.05, 3.63) is 64.3 Å². The molecule has 7 nitrogen and oxygen atoms in total. The van der Waals surface area contributed by atoms with Gasteiger partial charge in [0.15, 0.2) is 0 Å². The Hall–Kier alpha value is -3.24. The zero-order valence-electron chi connectivity index (χ0n) is 15.3. The molecule has 0 unspecified atom stereocenters. The van der Waals surface area contributed by atoms with E-state index in [1.165, 1.54) is 29.2 Å². The van der Waals surface area contributed by atoms with Crippen molar-refractivity contribution in [1.29, 1.82) is 0 Å². The van der Waals surface area contributed by atoms with Crippen LogP contribution in [0.3, 0.4) is 0 Å². The molecular weight excluding hydrogens is 431 g/mol. The molecule has 0 spiro atoms. The zero-order valence-corrected chi connectivity index (χ0v) is 16.9. The Morgan fingerprint density at radius 1 is 1.20 bits per heavy atom. The number of hydrogen-bond donors (Lipinski definition) is 3. The van der Waals surface area contributed by atoms with Gasteiger partial charge in [-0.05, 0) is 35.9 Å². The smallest absolute Gasteiger partial charge is 0.339 e. The number of carboxylic acid groups (broad SMARTS) is 1. The summed E-state index contributed by atoms with van der Waals surface area (Å²) >= 11 is 6.31. The highest BCUT2D eigenvalue weighted by molar-refractivity contribution is 8.26. The number of aromatic carboxylic acids is 1. The number of phenols is 1. The van der Waals surface area contributed by atoms with Gasteiger partial charge in [0.1, 0.15) is 21.5 Å². The van der Waals surface area contributed by atoms with E-state index in [-0.39, 0.29) is 35.9 Å². The lowest BCUT2D eigenvalue weighted by Gasteiger charge is -2.14. The maximum atomic E-state index is 13.0. The summed E-state index contributed by atoms with van der Waals surface area (Å²) in [6.07, 6.45) is 1.54. The number of benzene rings is 2. The summed E-state index contributed by atoms with van der Waals surface area (Å²) in [7, 11) is 0. The second-order valence-electron chi connectivity index (χ2n) is 6.22. The van der Waals surface area contributed by atoms with Crippen LogP contribution >= 0.6 is 24.0 Å². The van der Waals surface area contributed by atoms with Crippen LogP contribution in [0.5, 0.6) is 5.75 Å². The molecule has 0 radical (unpaired) electrons. The predicted octanol–water partition coefficient (Wildman–Crippen LogP) is 3.46. The lowest BCUT2D eigenvalue weighted by Crippen LogP contribution is -2.31. The quantitative estimate of drug-likeness (QED) is 0.461. The lowest BCUT2D eigenvalue weighted by atomic mass is 10.2. The maximum absolute atomic E-state index is 13.0. The number of anilines is 1. The molecule has 30 heavy (non-hydrogen) atoms. The second-order valence-corrected chi connectivity index (χ2v) is 7.90. The third-order valence-corrected chi connectivity index (χ3v) is 5.49. The van der Waals surface area contributed by atoms with Gasteiger partial charge in [0.05, 0.1) is 4.91 Å². The summed E-state index contributed by atoms with van der Waals surface area (Å²) in [5, 5.41) is 21.1. The molecule has 1 saturated heterocycles. The van der Waals surface area contributed by atoms with Gasteiger partial charge < -0.3 is 15.5 Å². The molecule has 1 heterocycles. The van der Waals surface area contributed by atoms with Gasteiger partial charge in [-0.2, -0.15) is 0 Å². The number of aromatic hydroxyl groups is 1. The largest absolute Gasteiger partial charge is 0.507 e. The summed E-state index contributed by atoms with van der Waals surface area (Å²) in [6.45, 7) is 0.0520. The summed E-state index contributed by atoms with van der Waals surface area (Å²) in [5.74, 6) is -2.91. The van der Waals surface area contributed by atoms with Gasteiger partial charge in [-0.25, -0.2) is 9.18 Å². The van der Waals surface area contributed by atoms with E-state index in [4.69, 9.17) is 17.3 Å². The first-order valence-electron chi connectivity index (χ1n) is 8.61. The number of halogens is 1. The highest BCUT2D eigenvalue weighted by Gasteiger charge is 2.32. The molecule has 0 saturated carbocycles. The Morgan fingerprint density at radius 3 is 2.53 bits per heavy atom. The van der Waals surface area contributed by atoms with Crippen LogP contribution in [0.25, 0.3) is 6.08 Å². The fourth-order valence-corrected chi connectivity index (χ4v) is 3.94. The first-order chi connectivity index (χ1) is 14.2. The van der Waals surface area contributed by atoms with E-state index >= 15 is 0 Å². The average Bonchev–Trinajstić information content (AvgIpc) is 2.94. The van der Waals surface area contributed by atoms with Gasteiger partial charge >= 0.3 is 5.97 Å². The standard InChI is InChI=1S/C20H15FN2O5S2/c21-12-3-1-11(2-4-12)9-16-18(26)23(20(29)30-16)8-7-17(25)22-13-5-6-14(19(27)28)15(24)10-13/h1-6,9-10,24H,7-8H2,(H,22,25)(H,27,28)/b16-9+. The zero-order chi connectivity index (χ0) is 21.8. The Kier molecular flexibility index (Phi) is 6.48. The molecule has 154 valence electrons. The third-order valence-electron chi connectivity index (χ3n) is 4.12. The SMILES string of the molecule is O=C(CCN1C(=O)/C(=C\c2ccc(F)cc2)SC1=S)Nc1ccc(C(=O)O)c(O)c1. The van der Waals surface area contributed by atoms with Crippen LogP contribution in [-0.2, 0) is 9.59 Å². The van der Waals surface area contributed by atoms with Crippen LogP contribution in [0.4, 0.5) is 10.1 Å². The molecule has 3 rings (SSSR count). The van der Waals surface area contributed by atoms with Crippen LogP contribution in [0.1, 0.15) is 22.3 Å². The minimum atomic E-state index is -1.28. The fourth-order valence-electron chi connectivity index (χ4n) is 2.63. The number of nitrogens with one attached hydrogen (secondary N) is 1. The topological polar surface area (TPSA) is 107 Å². The molecule has 1 fully saturated rings. The van der Waals surface area contributed by atoms with E-state index in [1.54, 1.807) is 18.2 Å². The molecule has 10 heteroatoms. The number of carboxylic acids is 1. The fraction of sp³-hybridized carbons (Fsp3) is 0.100. The van der Waals surface area contributed by atoms with E-state index in [0.717, 1.165) is 17.8 Å². The third kappa shape index (κ3) is 5.02. The molecule has 0 atom stereocenters. The van der Waals surface area contributed by atoms with E-state index < -0.39 is 17.6 Å². The molecule has 1 aliphatic heterocycles. The minimum Gasteiger partial charge on any atom is -0.507 e. The van der Waals surface area contributed by atoms with Gasteiger partial charge in [-0.1, -0.05) is 36.1 Å². The Bertz CT molecular complexity index is 1070. The summed E-state index contributed by atoms with van der Waals surface area (Å²) in [5.41, 5.74) is 0.599. The first-order valence-corrected chi connectivity index (χ1v) is 9.84. The number of carbonyl (C=O) groups excluding carboxylic acids is 2. The molecule has 0 aromatic heterocycles. The van der Waals surface area contributed by atoms with Crippen molar-refractivity contribution in [2.75, 3.05) is 11.9 Å². The number of nitrogens with zero attached hydrogens (tertiary/aromatic N) is 1. The monoisotopic (exact) mass is 446 g/mol. The second kappa shape index (κ2) is 9.06. The van der Waals surface area contributed by atoms with Crippen molar-refractivity contribution in [2.24, 2.45) is 0 Å². The molecular formula is C20H15FN2O5S2. The summed E-state index contributed by atoms with van der Waals surface area (Å²) < 4.78 is 13.3. The normalized spacial score (nSPS) is 15.0. The van der Waals surface area contributed by atoms with E-state index in [9.17, 15) is 23.9 Å². The van der Waals surface area contributed by atoms with Crippen molar-refractivity contribution in [3.8, 4) is 5.75 Å². The molecule has 1 aliphatic rings. The van der Waals surface area contributed by atoms with Crippen molar-refractivity contribution in [3.63, 3.8) is 0 Å². The van der Waals surface area contributed by atoms with Crippen molar-refractivity contribution in [2.45, 2.75) is 6.42 Å². The van der Waals surface area contributed by atoms with Crippen LogP contribution < -0.4 is 5.32 Å². The molecule has 3 N–H and O–H groups in total. The summed E-state index contributed by atoms with van der Waals surface area (Å²) in [6, 6.07) is 9.32. The van der Waals surface area contributed by atoms with Crippen molar-refractivity contribution < 1.29 is 29.0 Å². The minimum absolute atomic E-state index is 0.0520. The van der Waals surface area contributed by atoms with Crippen molar-refractivity contribution in [1.82, 2.24) is 4.90 Å². The van der Waals surface area contributed by atoms with Gasteiger partial charge in [0.2, 0.25) is 5.91 Å². The molecule has 2 amide bonds. The highest BCUT2D eigenvalue weighted by Crippen LogP contribution is 2.32. The number of amides is 2. The Balaban J connectivity index is 1.60. The van der Waals surface area contributed by atoms with E-state index in [1.807, 2.05) is 0 Å². The summed E-state index contributed by atoms with van der Waals surface area (Å²) in [4.78, 5) is 37.3. The van der Waals surface area contributed by atoms with E-state index in [0.29, 0.717) is 14.8 Å². The number of hydrogen-bond acceptors (Lipinski definition) is 6. The molecule has 0 aliphatic carbocycles. The Labute approximate surface area is 180 Å². The van der Waals surface area contributed by atoms with Crippen LogP contribution in [0.2, 0.25) is 0 Å². The number of carbonyl (C=O) groups is 3. The molecule has 2 aromatic carbocycles. The number of thiocarbonyl (C=S) groups is 1. The highest BCUT2D eigenvalue weighted by atomic mass is 32.2. The number of rotatable bonds is 6. The maximum Gasteiger partial charge on any atom is 0.339 e. The predicted molar refractivity (Wildman–Crippen MR) is 115 cm³/mol. The van der Waals surface area contributed by atoms with Crippen LogP contribution in [0.15, 0.2) is 47.4 Å². The lowest BCUT2D eigenvalue weighted by molar-refractivity contribution is -0.122. The van der Waals surface area contributed by atoms with Gasteiger partial charge in [0.25, 0.3) is 5.91 Å². The molecule has 0 bridgehead atoms. The van der Waals surface area contributed by atoms with Crippen LogP contribution in [-0.4, -0.2) is 43.8 Å². The van der Waals surface area contributed by atoms with Crippen molar-refractivity contribution >= 4 is 57.8 Å². The van der Waals surface area contributed by atoms with Gasteiger partial charge in [-0.3, -0.25) is 14.5 Å². The average molecular weight is 446 g/mol. The Morgan fingerprint density at radius 2 is 1.90 bits per heavy atom. The first kappa shape index (κ1) is 21.5. The molecule has 2 aromatic rings.